The minimum atomic E-state index is -3.99. The van der Waals surface area contributed by atoms with E-state index in [0.29, 0.717) is 5.69 Å². The first-order valence-electron chi connectivity index (χ1n) is 7.07. The zero-order valence-corrected chi connectivity index (χ0v) is 13.9. The van der Waals surface area contributed by atoms with E-state index in [0.717, 1.165) is 5.56 Å². The van der Waals surface area contributed by atoms with E-state index in [9.17, 15) is 13.2 Å². The van der Waals surface area contributed by atoms with Gasteiger partial charge in [0.05, 0.1) is 11.9 Å². The molecule has 3 rings (SSSR count). The molecule has 0 radical (unpaired) electrons. The second-order valence-corrected chi connectivity index (χ2v) is 6.82. The predicted molar refractivity (Wildman–Crippen MR) is 86.0 cm³/mol. The number of carbonyl (C=O) groups is 1. The van der Waals surface area contributed by atoms with E-state index in [1.54, 1.807) is 18.3 Å². The lowest BCUT2D eigenvalue weighted by molar-refractivity contribution is 0.0969. The highest BCUT2D eigenvalue weighted by atomic mass is 32.2. The molecule has 3 heterocycles. The van der Waals surface area contributed by atoms with Crippen LogP contribution in [-0.4, -0.2) is 44.0 Å². The average Bonchev–Trinajstić information content (AvgIpc) is 3.04. The molecule has 0 spiro atoms. The third-order valence-corrected chi connectivity index (χ3v) is 4.21. The Morgan fingerprint density at radius 2 is 2.00 bits per heavy atom. The van der Waals surface area contributed by atoms with E-state index >= 15 is 0 Å². The van der Waals surface area contributed by atoms with Gasteiger partial charge >= 0.3 is 5.91 Å². The summed E-state index contributed by atoms with van der Waals surface area (Å²) in [6.45, 7) is 1.84. The molecular weight excluding hydrogens is 346 g/mol. The van der Waals surface area contributed by atoms with Crippen LogP contribution in [0.3, 0.4) is 0 Å². The van der Waals surface area contributed by atoms with Crippen LogP contribution in [0.1, 0.15) is 22.0 Å². The number of amides is 1. The van der Waals surface area contributed by atoms with Gasteiger partial charge in [0.1, 0.15) is 17.9 Å². The number of hydrogen-bond acceptors (Lipinski definition) is 8. The third kappa shape index (κ3) is 4.01. The summed E-state index contributed by atoms with van der Waals surface area (Å²) in [5, 5.41) is 7.36. The summed E-state index contributed by atoms with van der Waals surface area (Å²) in [5.74, 6) is -1.54. The van der Waals surface area contributed by atoms with Crippen LogP contribution in [0.5, 0.6) is 0 Å². The van der Waals surface area contributed by atoms with Gasteiger partial charge in [0.2, 0.25) is 15.8 Å². The quantitative estimate of drug-likeness (QED) is 0.674. The highest BCUT2D eigenvalue weighted by molar-refractivity contribution is 7.89. The van der Waals surface area contributed by atoms with Crippen LogP contribution in [0.25, 0.3) is 5.69 Å². The molecule has 128 valence electrons. The average molecular weight is 359 g/mol. The maximum atomic E-state index is 12.3. The van der Waals surface area contributed by atoms with Gasteiger partial charge in [-0.15, -0.1) is 10.2 Å². The van der Waals surface area contributed by atoms with Crippen molar-refractivity contribution in [1.29, 1.82) is 0 Å². The fraction of sp³-hybridized carbons (Fsp3) is 0.143. The molecule has 0 unspecified atom stereocenters. The second-order valence-electron chi connectivity index (χ2n) is 5.10. The minimum absolute atomic E-state index is 0.0761. The van der Waals surface area contributed by atoms with Crippen LogP contribution in [0.2, 0.25) is 0 Å². The molecule has 1 N–H and O–H groups in total. The van der Waals surface area contributed by atoms with Gasteiger partial charge in [0.15, 0.2) is 0 Å². The third-order valence-electron chi connectivity index (χ3n) is 3.08. The molecule has 0 fully saturated rings. The fourth-order valence-electron chi connectivity index (χ4n) is 2.05. The fourth-order valence-corrected chi connectivity index (χ4v) is 2.98. The Balaban J connectivity index is 1.82. The van der Waals surface area contributed by atoms with Crippen LogP contribution in [0.4, 0.5) is 0 Å². The van der Waals surface area contributed by atoms with E-state index in [2.05, 4.69) is 25.1 Å². The summed E-state index contributed by atoms with van der Waals surface area (Å²) in [6.07, 6.45) is 7.30. The molecule has 0 atom stereocenters. The molecule has 10 nitrogen and oxygen atoms in total. The normalized spacial score (nSPS) is 11.2. The molecule has 0 aromatic carbocycles. The largest absolute Gasteiger partial charge is 0.303 e. The zero-order valence-electron chi connectivity index (χ0n) is 13.1. The molecule has 3 aromatic heterocycles. The number of carbonyl (C=O) groups excluding carboxylic acids is 1. The van der Waals surface area contributed by atoms with Gasteiger partial charge in [-0.1, -0.05) is 0 Å². The monoisotopic (exact) mass is 359 g/mol. The summed E-state index contributed by atoms with van der Waals surface area (Å²) in [7, 11) is -3.99. The molecule has 0 aliphatic carbocycles. The minimum Gasteiger partial charge on any atom is -0.276 e. The smallest absolute Gasteiger partial charge is 0.276 e. The molecule has 11 heteroatoms. The molecular formula is C14H13N7O3S. The van der Waals surface area contributed by atoms with Crippen LogP contribution >= 0.6 is 0 Å². The summed E-state index contributed by atoms with van der Waals surface area (Å²) in [5.41, 5.74) is 1.41. The molecule has 0 saturated heterocycles. The number of rotatable bonds is 5. The molecule has 0 saturated carbocycles. The first-order chi connectivity index (χ1) is 11.9. The maximum absolute atomic E-state index is 12.3. The van der Waals surface area contributed by atoms with Crippen molar-refractivity contribution < 1.29 is 13.2 Å². The standard InChI is InChI=1S/C14H13N7O3S/c1-10-5-11(7-15-6-10)21-9-18-19-13(21)14(22)20-25(23,24)8-12-16-3-2-4-17-12/h2-7,9H,8H2,1H3,(H,20,22). The Morgan fingerprint density at radius 1 is 1.24 bits per heavy atom. The topological polar surface area (TPSA) is 133 Å². The molecule has 0 bridgehead atoms. The summed E-state index contributed by atoms with van der Waals surface area (Å²) >= 11 is 0. The van der Waals surface area contributed by atoms with Crippen LogP contribution in [0.15, 0.2) is 43.2 Å². The number of nitrogens with zero attached hydrogens (tertiary/aromatic N) is 6. The lowest BCUT2D eigenvalue weighted by atomic mass is 10.3. The molecule has 0 aliphatic rings. The lowest BCUT2D eigenvalue weighted by Crippen LogP contribution is -2.33. The van der Waals surface area contributed by atoms with E-state index in [1.165, 1.54) is 29.5 Å². The van der Waals surface area contributed by atoms with E-state index in [-0.39, 0.29) is 11.6 Å². The predicted octanol–water partition coefficient (Wildman–Crippen LogP) is 0.0205. The Morgan fingerprint density at radius 3 is 2.72 bits per heavy atom. The van der Waals surface area contributed by atoms with Gasteiger partial charge in [0, 0.05) is 18.6 Å². The molecule has 3 aromatic rings. The lowest BCUT2D eigenvalue weighted by Gasteiger charge is -2.08. The number of aromatic nitrogens is 6. The van der Waals surface area contributed by atoms with Crippen molar-refractivity contribution in [1.82, 2.24) is 34.4 Å². The highest BCUT2D eigenvalue weighted by Gasteiger charge is 2.22. The summed E-state index contributed by atoms with van der Waals surface area (Å²) in [4.78, 5) is 24.0. The van der Waals surface area contributed by atoms with Crippen LogP contribution in [0, 0.1) is 6.92 Å². The SMILES string of the molecule is Cc1cncc(-n2cnnc2C(=O)NS(=O)(=O)Cc2ncccn2)c1. The van der Waals surface area contributed by atoms with Crippen molar-refractivity contribution in [3.8, 4) is 5.69 Å². The number of pyridine rings is 1. The Kier molecular flexibility index (Phi) is 4.48. The van der Waals surface area contributed by atoms with Gasteiger partial charge in [0.25, 0.3) is 0 Å². The Labute approximate surface area is 143 Å². The van der Waals surface area contributed by atoms with Crippen molar-refractivity contribution in [2.24, 2.45) is 0 Å². The van der Waals surface area contributed by atoms with Crippen molar-refractivity contribution in [3.05, 3.63) is 60.5 Å². The van der Waals surface area contributed by atoms with E-state index in [1.807, 2.05) is 11.6 Å². The molecule has 1 amide bonds. The first-order valence-corrected chi connectivity index (χ1v) is 8.72. The number of hydrogen-bond donors (Lipinski definition) is 1. The first kappa shape index (κ1) is 16.6. The highest BCUT2D eigenvalue weighted by Crippen LogP contribution is 2.10. The van der Waals surface area contributed by atoms with Gasteiger partial charge in [-0.3, -0.25) is 14.3 Å². The summed E-state index contributed by atoms with van der Waals surface area (Å²) in [6, 6.07) is 3.33. The second kappa shape index (κ2) is 6.73. The number of sulfonamides is 1. The maximum Gasteiger partial charge on any atom is 0.303 e. The van der Waals surface area contributed by atoms with Gasteiger partial charge < -0.3 is 0 Å². The molecule has 25 heavy (non-hydrogen) atoms. The van der Waals surface area contributed by atoms with Gasteiger partial charge in [-0.05, 0) is 24.6 Å². The van der Waals surface area contributed by atoms with Gasteiger partial charge in [-0.25, -0.2) is 23.1 Å². The Hall–Kier alpha value is -3.21. The van der Waals surface area contributed by atoms with Gasteiger partial charge in [-0.2, -0.15) is 0 Å². The zero-order chi connectivity index (χ0) is 17.9. The van der Waals surface area contributed by atoms with Crippen molar-refractivity contribution in [3.63, 3.8) is 0 Å². The number of nitrogens with one attached hydrogen (secondary N) is 1. The van der Waals surface area contributed by atoms with E-state index < -0.39 is 21.7 Å². The van der Waals surface area contributed by atoms with Crippen LogP contribution < -0.4 is 4.72 Å². The van der Waals surface area contributed by atoms with Crippen LogP contribution in [-0.2, 0) is 15.8 Å². The van der Waals surface area contributed by atoms with E-state index in [4.69, 9.17) is 0 Å². The summed E-state index contributed by atoms with van der Waals surface area (Å²) < 4.78 is 27.5. The van der Waals surface area contributed by atoms with Crippen molar-refractivity contribution >= 4 is 15.9 Å². The molecule has 0 aliphatic heterocycles. The Bertz CT molecular complexity index is 1000. The number of aryl methyl sites for hydroxylation is 1. The van der Waals surface area contributed by atoms with Crippen molar-refractivity contribution in [2.45, 2.75) is 12.7 Å². The van der Waals surface area contributed by atoms with Crippen molar-refractivity contribution in [2.75, 3.05) is 0 Å².